The third kappa shape index (κ3) is 2.10. The Morgan fingerprint density at radius 2 is 2.20 bits per heavy atom. The van der Waals surface area contributed by atoms with Gasteiger partial charge in [0.1, 0.15) is 5.97 Å². The number of rotatable bonds is 1. The predicted molar refractivity (Wildman–Crippen MR) is 52.7 cm³/mol. The van der Waals surface area contributed by atoms with Gasteiger partial charge in [-0.2, -0.15) is 0 Å². The second-order valence-electron chi connectivity index (χ2n) is 2.91. The zero-order valence-electron chi connectivity index (χ0n) is 8.32. The molecule has 0 amide bonds. The van der Waals surface area contributed by atoms with Crippen LogP contribution >= 0.6 is 15.9 Å². The molecular formula is C9H6BrLiN2O2. The number of carboxylic acids is 1. The first-order chi connectivity index (χ1) is 6.59. The van der Waals surface area contributed by atoms with Gasteiger partial charge in [0.25, 0.3) is 0 Å². The van der Waals surface area contributed by atoms with E-state index in [1.807, 2.05) is 6.07 Å². The summed E-state index contributed by atoms with van der Waals surface area (Å²) in [4.78, 5) is 14.6. The van der Waals surface area contributed by atoms with Crippen molar-refractivity contribution in [2.45, 2.75) is 0 Å². The van der Waals surface area contributed by atoms with Gasteiger partial charge in [-0.15, -0.1) is 0 Å². The largest absolute Gasteiger partial charge is 1.00 e. The van der Waals surface area contributed by atoms with E-state index >= 15 is 0 Å². The van der Waals surface area contributed by atoms with Gasteiger partial charge in [0, 0.05) is 11.5 Å². The van der Waals surface area contributed by atoms with Crippen molar-refractivity contribution in [3.05, 3.63) is 28.5 Å². The fourth-order valence-electron chi connectivity index (χ4n) is 1.36. The molecule has 1 aromatic heterocycles. The molecule has 2 aromatic rings. The Morgan fingerprint density at radius 3 is 2.80 bits per heavy atom. The van der Waals surface area contributed by atoms with Crippen LogP contribution in [0.1, 0.15) is 10.6 Å². The minimum Gasteiger partial charge on any atom is -0.542 e. The molecule has 0 unspecified atom stereocenters. The maximum Gasteiger partial charge on any atom is 1.00 e. The summed E-state index contributed by atoms with van der Waals surface area (Å²) in [6.07, 6.45) is 0. The Kier molecular flexibility index (Phi) is 3.61. The van der Waals surface area contributed by atoms with E-state index < -0.39 is 5.97 Å². The summed E-state index contributed by atoms with van der Waals surface area (Å²) in [6.45, 7) is 0. The maximum atomic E-state index is 10.7. The summed E-state index contributed by atoms with van der Waals surface area (Å²) in [5, 5.41) is 10.7. The number of aromatic carboxylic acids is 1. The number of carbonyl (C=O) groups excluding carboxylic acids is 1. The van der Waals surface area contributed by atoms with Crippen LogP contribution in [-0.4, -0.2) is 15.5 Å². The van der Waals surface area contributed by atoms with Crippen molar-refractivity contribution < 1.29 is 28.8 Å². The average molecular weight is 261 g/mol. The molecule has 0 N–H and O–H groups in total. The molecule has 1 heterocycles. The number of nitrogens with zero attached hydrogens (tertiary/aromatic N) is 2. The van der Waals surface area contributed by atoms with Gasteiger partial charge in [0.05, 0.1) is 11.0 Å². The zero-order valence-corrected chi connectivity index (χ0v) is 9.91. The third-order valence-corrected chi connectivity index (χ3v) is 2.52. The number of halogens is 1. The average Bonchev–Trinajstić information content (AvgIpc) is 2.43. The maximum absolute atomic E-state index is 10.7. The monoisotopic (exact) mass is 260 g/mol. The van der Waals surface area contributed by atoms with Crippen molar-refractivity contribution in [2.24, 2.45) is 7.05 Å². The molecule has 1 aromatic carbocycles. The Morgan fingerprint density at radius 1 is 1.53 bits per heavy atom. The molecule has 0 atom stereocenters. The topological polar surface area (TPSA) is 58.0 Å². The van der Waals surface area contributed by atoms with E-state index in [0.29, 0.717) is 5.52 Å². The van der Waals surface area contributed by atoms with Gasteiger partial charge < -0.3 is 14.5 Å². The van der Waals surface area contributed by atoms with E-state index in [0.717, 1.165) is 9.99 Å². The quantitative estimate of drug-likeness (QED) is 0.543. The smallest absolute Gasteiger partial charge is 0.542 e. The summed E-state index contributed by atoms with van der Waals surface area (Å²) < 4.78 is 2.37. The van der Waals surface area contributed by atoms with Gasteiger partial charge in [0.2, 0.25) is 0 Å². The van der Waals surface area contributed by atoms with E-state index in [9.17, 15) is 9.90 Å². The van der Waals surface area contributed by atoms with Crippen LogP contribution in [0.5, 0.6) is 0 Å². The molecule has 0 aliphatic heterocycles. The van der Waals surface area contributed by atoms with Crippen LogP contribution in [0.3, 0.4) is 0 Å². The molecule has 15 heavy (non-hydrogen) atoms. The molecule has 0 radical (unpaired) electrons. The second-order valence-corrected chi connectivity index (χ2v) is 3.83. The van der Waals surface area contributed by atoms with Crippen molar-refractivity contribution in [3.63, 3.8) is 0 Å². The first kappa shape index (κ1) is 12.3. The van der Waals surface area contributed by atoms with Crippen LogP contribution in [0.25, 0.3) is 11.0 Å². The number of benzene rings is 1. The number of hydrogen-bond donors (Lipinski definition) is 0. The zero-order chi connectivity index (χ0) is 10.3. The Balaban J connectivity index is 0.00000112. The molecule has 0 saturated carbocycles. The first-order valence-electron chi connectivity index (χ1n) is 3.93. The van der Waals surface area contributed by atoms with Crippen LogP contribution in [0.2, 0.25) is 0 Å². The van der Waals surface area contributed by atoms with Crippen LogP contribution < -0.4 is 24.0 Å². The number of imidazole rings is 1. The van der Waals surface area contributed by atoms with E-state index in [4.69, 9.17) is 0 Å². The van der Waals surface area contributed by atoms with E-state index in [1.165, 1.54) is 4.57 Å². The molecule has 0 aliphatic carbocycles. The third-order valence-electron chi connectivity index (χ3n) is 2.03. The van der Waals surface area contributed by atoms with Crippen LogP contribution in [0.15, 0.2) is 22.7 Å². The van der Waals surface area contributed by atoms with Gasteiger partial charge in [-0.05, 0) is 18.2 Å². The molecule has 0 spiro atoms. The predicted octanol–water partition coefficient (Wildman–Crippen LogP) is -2.30. The standard InChI is InChI=1S/C9H7BrN2O2.Li/c1-12-7-3-2-5(10)4-6(7)11-8(12)9(13)14;/h2-4H,1H3,(H,13,14);/q;+1/p-1. The minimum atomic E-state index is -1.26. The van der Waals surface area contributed by atoms with Crippen LogP contribution in [0.4, 0.5) is 0 Å². The molecule has 6 heteroatoms. The summed E-state index contributed by atoms with van der Waals surface area (Å²) in [6, 6.07) is 5.41. The van der Waals surface area contributed by atoms with Crippen LogP contribution in [-0.2, 0) is 7.05 Å². The van der Waals surface area contributed by atoms with Crippen molar-refractivity contribution in [1.82, 2.24) is 9.55 Å². The van der Waals surface area contributed by atoms with E-state index in [2.05, 4.69) is 20.9 Å². The van der Waals surface area contributed by atoms with Crippen molar-refractivity contribution >= 4 is 32.9 Å². The van der Waals surface area contributed by atoms with Crippen molar-refractivity contribution in [3.8, 4) is 0 Å². The molecular weight excluding hydrogens is 255 g/mol. The normalized spacial score (nSPS) is 10.0. The van der Waals surface area contributed by atoms with Crippen LogP contribution in [0, 0.1) is 0 Å². The molecule has 4 nitrogen and oxygen atoms in total. The Bertz CT molecular complexity index is 524. The van der Waals surface area contributed by atoms with Crippen molar-refractivity contribution in [1.29, 1.82) is 0 Å². The number of hydrogen-bond acceptors (Lipinski definition) is 3. The van der Waals surface area contributed by atoms with Gasteiger partial charge in [-0.25, -0.2) is 4.98 Å². The van der Waals surface area contributed by atoms with Gasteiger partial charge in [0.15, 0.2) is 5.82 Å². The molecule has 0 saturated heterocycles. The first-order valence-corrected chi connectivity index (χ1v) is 4.72. The molecule has 0 bridgehead atoms. The number of aryl methyl sites for hydroxylation is 1. The molecule has 2 rings (SSSR count). The summed E-state index contributed by atoms with van der Waals surface area (Å²) in [5.74, 6) is -1.32. The molecule has 72 valence electrons. The fourth-order valence-corrected chi connectivity index (χ4v) is 1.70. The summed E-state index contributed by atoms with van der Waals surface area (Å²) >= 11 is 3.29. The fraction of sp³-hybridized carbons (Fsp3) is 0.111. The van der Waals surface area contributed by atoms with E-state index in [1.54, 1.807) is 19.2 Å². The summed E-state index contributed by atoms with van der Waals surface area (Å²) in [5.41, 5.74) is 1.41. The van der Waals surface area contributed by atoms with Gasteiger partial charge >= 0.3 is 18.9 Å². The molecule has 0 aliphatic rings. The Labute approximate surface area is 107 Å². The second kappa shape index (κ2) is 4.40. The number of carbonyl (C=O) groups is 1. The molecule has 0 fully saturated rings. The van der Waals surface area contributed by atoms with Crippen molar-refractivity contribution in [2.75, 3.05) is 0 Å². The number of fused-ring (bicyclic) bond motifs is 1. The van der Waals surface area contributed by atoms with Gasteiger partial charge in [-0.3, -0.25) is 0 Å². The Hall–Kier alpha value is -0.763. The van der Waals surface area contributed by atoms with Gasteiger partial charge in [-0.1, -0.05) is 15.9 Å². The number of aromatic nitrogens is 2. The SMILES string of the molecule is Cn1c(C(=O)[O-])nc2cc(Br)ccc21.[Li+]. The van der Waals surface area contributed by atoms with E-state index in [-0.39, 0.29) is 24.7 Å². The summed E-state index contributed by atoms with van der Waals surface area (Å²) in [7, 11) is 1.65. The minimum absolute atomic E-state index is 0. The number of carboxylic acid groups (broad SMARTS) is 1.